The Hall–Kier alpha value is -1.26. The monoisotopic (exact) mass is 309 g/mol. The van der Waals surface area contributed by atoms with Crippen LogP contribution in [0, 0.1) is 5.41 Å². The van der Waals surface area contributed by atoms with Crippen molar-refractivity contribution in [2.75, 3.05) is 30.7 Å². The van der Waals surface area contributed by atoms with Crippen molar-refractivity contribution >= 4 is 28.9 Å². The molecule has 0 unspecified atom stereocenters. The van der Waals surface area contributed by atoms with Crippen LogP contribution in [0.1, 0.15) is 33.1 Å². The number of carbonyl (C=O) groups excluding carboxylic acids is 1. The molecule has 4 nitrogen and oxygen atoms in total. The Bertz CT molecular complexity index is 516. The van der Waals surface area contributed by atoms with Gasteiger partial charge in [-0.15, -0.1) is 0 Å². The molecule has 21 heavy (non-hydrogen) atoms. The number of nitrogen functional groups attached to an aromatic ring is 1. The van der Waals surface area contributed by atoms with Crippen molar-refractivity contribution in [2.24, 2.45) is 5.41 Å². The average Bonchev–Trinajstić information content (AvgIpc) is 2.54. The van der Waals surface area contributed by atoms with Crippen LogP contribution in [-0.2, 0) is 4.79 Å². The largest absolute Gasteiger partial charge is 0.399 e. The molecule has 3 N–H and O–H groups in total. The second-order valence-corrected chi connectivity index (χ2v) is 6.99. The van der Waals surface area contributed by atoms with E-state index in [9.17, 15) is 4.79 Å². The fourth-order valence-corrected chi connectivity index (χ4v) is 2.90. The molecule has 0 aromatic heterocycles. The third kappa shape index (κ3) is 4.90. The van der Waals surface area contributed by atoms with Gasteiger partial charge in [0.2, 0.25) is 5.91 Å². The predicted octanol–water partition coefficient (Wildman–Crippen LogP) is 3.37. The van der Waals surface area contributed by atoms with Crippen molar-refractivity contribution in [1.82, 2.24) is 4.90 Å². The van der Waals surface area contributed by atoms with Gasteiger partial charge in [-0.3, -0.25) is 9.69 Å². The molecule has 1 saturated heterocycles. The van der Waals surface area contributed by atoms with Crippen molar-refractivity contribution in [1.29, 1.82) is 0 Å². The average molecular weight is 310 g/mol. The van der Waals surface area contributed by atoms with Gasteiger partial charge in [-0.25, -0.2) is 0 Å². The topological polar surface area (TPSA) is 58.4 Å². The highest BCUT2D eigenvalue weighted by atomic mass is 35.5. The van der Waals surface area contributed by atoms with Gasteiger partial charge in [0.25, 0.3) is 0 Å². The van der Waals surface area contributed by atoms with Crippen LogP contribution in [0.5, 0.6) is 0 Å². The molecule has 5 heteroatoms. The molecular weight excluding hydrogens is 286 g/mol. The normalized spacial score (nSPS) is 19.0. The van der Waals surface area contributed by atoms with Crippen molar-refractivity contribution < 1.29 is 4.79 Å². The molecule has 1 heterocycles. The lowest BCUT2D eigenvalue weighted by Crippen LogP contribution is -2.34. The number of nitrogens with one attached hydrogen (secondary N) is 1. The zero-order valence-corrected chi connectivity index (χ0v) is 13.5. The molecule has 1 amide bonds. The number of amides is 1. The van der Waals surface area contributed by atoms with Crippen molar-refractivity contribution in [3.05, 3.63) is 23.2 Å². The summed E-state index contributed by atoms with van der Waals surface area (Å²) in [6.07, 6.45) is 3.49. The lowest BCUT2D eigenvalue weighted by molar-refractivity contribution is -0.117. The maximum absolute atomic E-state index is 12.1. The predicted molar refractivity (Wildman–Crippen MR) is 88.6 cm³/mol. The standard InChI is InChI=1S/C16H24ClN3O/c1-16(2)6-3-8-20(9-7-16)11-15(21)19-14-5-4-12(18)10-13(14)17/h4-5,10H,3,6-9,11,18H2,1-2H3,(H,19,21). The number of benzene rings is 1. The first-order valence-electron chi connectivity index (χ1n) is 7.43. The van der Waals surface area contributed by atoms with Gasteiger partial charge in [-0.1, -0.05) is 25.4 Å². The summed E-state index contributed by atoms with van der Waals surface area (Å²) >= 11 is 6.07. The van der Waals surface area contributed by atoms with Crippen LogP contribution < -0.4 is 11.1 Å². The number of anilines is 2. The maximum Gasteiger partial charge on any atom is 0.238 e. The number of likely N-dealkylation sites (tertiary alicyclic amines) is 1. The van der Waals surface area contributed by atoms with Crippen LogP contribution >= 0.6 is 11.6 Å². The lowest BCUT2D eigenvalue weighted by Gasteiger charge is -2.23. The molecular formula is C16H24ClN3O. The second-order valence-electron chi connectivity index (χ2n) is 6.58. The highest BCUT2D eigenvalue weighted by Gasteiger charge is 2.24. The quantitative estimate of drug-likeness (QED) is 0.842. The van der Waals surface area contributed by atoms with E-state index in [1.807, 2.05) is 0 Å². The zero-order valence-electron chi connectivity index (χ0n) is 12.8. The molecule has 0 saturated carbocycles. The van der Waals surface area contributed by atoms with Crippen molar-refractivity contribution in [2.45, 2.75) is 33.1 Å². The minimum atomic E-state index is -0.0265. The fourth-order valence-electron chi connectivity index (χ4n) is 2.66. The number of rotatable bonds is 3. The van der Waals surface area contributed by atoms with E-state index in [1.165, 1.54) is 6.42 Å². The number of hydrogen-bond donors (Lipinski definition) is 2. The lowest BCUT2D eigenvalue weighted by atomic mass is 9.85. The van der Waals surface area contributed by atoms with Gasteiger partial charge in [0.05, 0.1) is 17.3 Å². The molecule has 1 aromatic rings. The Morgan fingerprint density at radius 3 is 2.86 bits per heavy atom. The Morgan fingerprint density at radius 1 is 1.38 bits per heavy atom. The SMILES string of the molecule is CC1(C)CCCN(CC(=O)Nc2ccc(N)cc2Cl)CC1. The van der Waals surface area contributed by atoms with Gasteiger partial charge in [-0.05, 0) is 56.0 Å². The van der Waals surface area contributed by atoms with E-state index >= 15 is 0 Å². The van der Waals surface area contributed by atoms with Crippen LogP contribution in [0.3, 0.4) is 0 Å². The summed E-state index contributed by atoms with van der Waals surface area (Å²) in [6, 6.07) is 5.11. The fraction of sp³-hybridized carbons (Fsp3) is 0.562. The van der Waals surface area contributed by atoms with Crippen LogP contribution in [0.2, 0.25) is 5.02 Å². The minimum absolute atomic E-state index is 0.0265. The summed E-state index contributed by atoms with van der Waals surface area (Å²) in [5, 5.41) is 3.33. The maximum atomic E-state index is 12.1. The van der Waals surface area contributed by atoms with E-state index in [4.69, 9.17) is 17.3 Å². The van der Waals surface area contributed by atoms with E-state index in [1.54, 1.807) is 18.2 Å². The molecule has 0 atom stereocenters. The number of hydrogen-bond acceptors (Lipinski definition) is 3. The third-order valence-corrected chi connectivity index (χ3v) is 4.38. The van der Waals surface area contributed by atoms with Crippen LogP contribution in [0.15, 0.2) is 18.2 Å². The first kappa shape index (κ1) is 16.1. The molecule has 116 valence electrons. The number of halogens is 1. The van der Waals surface area contributed by atoms with E-state index in [0.29, 0.717) is 28.4 Å². The minimum Gasteiger partial charge on any atom is -0.399 e. The van der Waals surface area contributed by atoms with E-state index in [2.05, 4.69) is 24.1 Å². The molecule has 2 rings (SSSR count). The van der Waals surface area contributed by atoms with Gasteiger partial charge in [-0.2, -0.15) is 0 Å². The first-order valence-corrected chi connectivity index (χ1v) is 7.81. The molecule has 0 bridgehead atoms. The third-order valence-electron chi connectivity index (χ3n) is 4.07. The van der Waals surface area contributed by atoms with Gasteiger partial charge in [0.1, 0.15) is 0 Å². The molecule has 0 spiro atoms. The number of nitrogens with zero attached hydrogens (tertiary/aromatic N) is 1. The van der Waals surface area contributed by atoms with Crippen LogP contribution in [-0.4, -0.2) is 30.4 Å². The summed E-state index contributed by atoms with van der Waals surface area (Å²) in [4.78, 5) is 14.4. The molecule has 1 aromatic carbocycles. The Balaban J connectivity index is 1.89. The molecule has 1 aliphatic rings. The molecule has 0 aliphatic carbocycles. The zero-order chi connectivity index (χ0) is 15.5. The van der Waals surface area contributed by atoms with Gasteiger partial charge < -0.3 is 11.1 Å². The molecule has 0 radical (unpaired) electrons. The number of carbonyl (C=O) groups is 1. The second kappa shape index (κ2) is 6.67. The Kier molecular flexibility index (Phi) is 5.12. The van der Waals surface area contributed by atoms with Crippen molar-refractivity contribution in [3.63, 3.8) is 0 Å². The number of nitrogens with two attached hydrogens (primary N) is 1. The summed E-state index contributed by atoms with van der Waals surface area (Å²) < 4.78 is 0. The Morgan fingerprint density at radius 2 is 2.14 bits per heavy atom. The van der Waals surface area contributed by atoms with Crippen LogP contribution in [0.4, 0.5) is 11.4 Å². The first-order chi connectivity index (χ1) is 9.85. The van der Waals surface area contributed by atoms with Gasteiger partial charge in [0.15, 0.2) is 0 Å². The smallest absolute Gasteiger partial charge is 0.238 e. The summed E-state index contributed by atoms with van der Waals surface area (Å²) in [5.41, 5.74) is 7.23. The summed E-state index contributed by atoms with van der Waals surface area (Å²) in [6.45, 7) is 6.95. The van der Waals surface area contributed by atoms with Gasteiger partial charge >= 0.3 is 0 Å². The van der Waals surface area contributed by atoms with E-state index in [-0.39, 0.29) is 5.91 Å². The molecule has 1 aliphatic heterocycles. The van der Waals surface area contributed by atoms with Gasteiger partial charge in [0, 0.05) is 5.69 Å². The summed E-state index contributed by atoms with van der Waals surface area (Å²) in [7, 11) is 0. The van der Waals surface area contributed by atoms with E-state index < -0.39 is 0 Å². The molecule has 1 fully saturated rings. The highest BCUT2D eigenvalue weighted by molar-refractivity contribution is 6.34. The summed E-state index contributed by atoms with van der Waals surface area (Å²) in [5.74, 6) is -0.0265. The Labute approximate surface area is 131 Å². The van der Waals surface area contributed by atoms with Crippen LogP contribution in [0.25, 0.3) is 0 Å². The highest BCUT2D eigenvalue weighted by Crippen LogP contribution is 2.29. The van der Waals surface area contributed by atoms with E-state index in [0.717, 1.165) is 25.9 Å². The van der Waals surface area contributed by atoms with Crippen molar-refractivity contribution in [3.8, 4) is 0 Å².